The zero-order valence-electron chi connectivity index (χ0n) is 12.9. The Morgan fingerprint density at radius 1 is 1.27 bits per heavy atom. The number of para-hydroxylation sites is 1. The van der Waals surface area contributed by atoms with Crippen LogP contribution < -0.4 is 11.5 Å². The first-order chi connectivity index (χ1) is 10.2. The summed E-state index contributed by atoms with van der Waals surface area (Å²) in [5.41, 5.74) is 12.8. The number of hydrogen-bond acceptors (Lipinski definition) is 3. The fourth-order valence-electron chi connectivity index (χ4n) is 2.85. The van der Waals surface area contributed by atoms with Crippen LogP contribution in [0.3, 0.4) is 0 Å². The van der Waals surface area contributed by atoms with E-state index in [-0.39, 0.29) is 16.3 Å². The van der Waals surface area contributed by atoms with Crippen molar-refractivity contribution >= 4 is 34.2 Å². The molecule has 0 aliphatic heterocycles. The van der Waals surface area contributed by atoms with Crippen molar-refractivity contribution < 1.29 is 9.53 Å². The standard InChI is InChI=1S/C16H21N3O2S/c1-16(2,3)12(13(14(17)22)21-15(18)20)10-8-19-11-7-5-4-6-9(10)11/h4-8,12-13,19H,1-3H3,(H2,17,22)(H2,18,20)/t12-,13?/m1/s1. The number of rotatable bonds is 4. The van der Waals surface area contributed by atoms with Gasteiger partial charge in [0.2, 0.25) is 0 Å². The smallest absolute Gasteiger partial charge is 0.405 e. The Balaban J connectivity index is 2.59. The van der Waals surface area contributed by atoms with Gasteiger partial charge in [-0.1, -0.05) is 51.2 Å². The largest absolute Gasteiger partial charge is 0.438 e. The maximum Gasteiger partial charge on any atom is 0.405 e. The Morgan fingerprint density at radius 3 is 2.45 bits per heavy atom. The molecule has 6 heteroatoms. The average Bonchev–Trinajstić information content (AvgIpc) is 2.80. The number of fused-ring (bicyclic) bond motifs is 1. The summed E-state index contributed by atoms with van der Waals surface area (Å²) >= 11 is 5.11. The van der Waals surface area contributed by atoms with E-state index in [1.54, 1.807) is 0 Å². The summed E-state index contributed by atoms with van der Waals surface area (Å²) in [6.07, 6.45) is 0.273. The van der Waals surface area contributed by atoms with Crippen LogP contribution in [0.25, 0.3) is 10.9 Å². The van der Waals surface area contributed by atoms with Gasteiger partial charge in [-0.3, -0.25) is 0 Å². The second-order valence-corrected chi connectivity index (χ2v) is 6.86. The zero-order chi connectivity index (χ0) is 16.5. The van der Waals surface area contributed by atoms with E-state index in [0.29, 0.717) is 0 Å². The monoisotopic (exact) mass is 319 g/mol. The number of carbonyl (C=O) groups is 1. The Labute approximate surface area is 135 Å². The molecule has 0 spiro atoms. The SMILES string of the molecule is CC(C)(C)[C@H](c1c[nH]c2ccccc12)C(OC(N)=O)C(N)=S. The number of H-pyrrole nitrogens is 1. The Hall–Kier alpha value is -2.08. The average molecular weight is 319 g/mol. The van der Waals surface area contributed by atoms with E-state index in [9.17, 15) is 4.79 Å². The minimum atomic E-state index is -0.883. The van der Waals surface area contributed by atoms with Gasteiger partial charge in [0.05, 0.1) is 0 Å². The molecule has 5 nitrogen and oxygen atoms in total. The molecule has 0 saturated heterocycles. The highest BCUT2D eigenvalue weighted by atomic mass is 32.1. The first kappa shape index (κ1) is 16.3. The van der Waals surface area contributed by atoms with Gasteiger partial charge in [-0.2, -0.15) is 0 Å². The quantitative estimate of drug-likeness (QED) is 0.755. The molecular formula is C16H21N3O2S. The topological polar surface area (TPSA) is 94.1 Å². The van der Waals surface area contributed by atoms with Crippen LogP contribution in [0.5, 0.6) is 0 Å². The van der Waals surface area contributed by atoms with Crippen molar-refractivity contribution in [2.45, 2.75) is 32.8 Å². The zero-order valence-corrected chi connectivity index (χ0v) is 13.7. The number of primary amides is 1. The summed E-state index contributed by atoms with van der Waals surface area (Å²) in [6, 6.07) is 7.92. The van der Waals surface area contributed by atoms with E-state index in [0.717, 1.165) is 16.5 Å². The van der Waals surface area contributed by atoms with Crippen LogP contribution in [-0.2, 0) is 4.74 Å². The van der Waals surface area contributed by atoms with Gasteiger partial charge in [-0.05, 0) is 17.0 Å². The minimum Gasteiger partial charge on any atom is -0.438 e. The number of benzene rings is 1. The second-order valence-electron chi connectivity index (χ2n) is 6.39. The summed E-state index contributed by atoms with van der Waals surface area (Å²) in [7, 11) is 0. The van der Waals surface area contributed by atoms with Gasteiger partial charge in [0, 0.05) is 23.0 Å². The fourth-order valence-corrected chi connectivity index (χ4v) is 3.03. The molecule has 2 aromatic rings. The summed E-state index contributed by atoms with van der Waals surface area (Å²) in [4.78, 5) is 14.6. The molecule has 1 heterocycles. The number of thiocarbonyl (C=S) groups is 1. The molecule has 118 valence electrons. The third kappa shape index (κ3) is 3.22. The molecule has 1 unspecified atom stereocenters. The molecule has 2 rings (SSSR count). The summed E-state index contributed by atoms with van der Waals surface area (Å²) in [5, 5.41) is 1.05. The number of aromatic amines is 1. The number of nitrogens with two attached hydrogens (primary N) is 2. The van der Waals surface area contributed by atoms with E-state index in [2.05, 4.69) is 25.8 Å². The number of nitrogens with one attached hydrogen (secondary N) is 1. The number of carbonyl (C=O) groups excluding carboxylic acids is 1. The van der Waals surface area contributed by atoms with Crippen molar-refractivity contribution in [3.8, 4) is 0 Å². The fraction of sp³-hybridized carbons (Fsp3) is 0.375. The maximum absolute atomic E-state index is 11.3. The van der Waals surface area contributed by atoms with Gasteiger partial charge < -0.3 is 21.2 Å². The van der Waals surface area contributed by atoms with Crippen molar-refractivity contribution in [3.63, 3.8) is 0 Å². The number of amides is 1. The van der Waals surface area contributed by atoms with Crippen LogP contribution in [-0.4, -0.2) is 22.2 Å². The number of hydrogen-bond donors (Lipinski definition) is 3. The van der Waals surface area contributed by atoms with Gasteiger partial charge >= 0.3 is 6.09 Å². The highest BCUT2D eigenvalue weighted by Gasteiger charge is 2.39. The second kappa shape index (κ2) is 5.96. The van der Waals surface area contributed by atoms with Crippen LogP contribution in [0, 0.1) is 5.41 Å². The molecule has 1 aromatic heterocycles. The molecule has 0 aliphatic carbocycles. The first-order valence-electron chi connectivity index (χ1n) is 7.03. The highest BCUT2D eigenvalue weighted by molar-refractivity contribution is 7.80. The van der Waals surface area contributed by atoms with Gasteiger partial charge in [0.1, 0.15) is 4.99 Å². The van der Waals surface area contributed by atoms with Gasteiger partial charge in [-0.25, -0.2) is 4.79 Å². The molecule has 22 heavy (non-hydrogen) atoms. The van der Waals surface area contributed by atoms with Crippen molar-refractivity contribution in [1.82, 2.24) is 4.98 Å². The van der Waals surface area contributed by atoms with Gasteiger partial charge in [-0.15, -0.1) is 0 Å². The van der Waals surface area contributed by atoms with Crippen molar-refractivity contribution in [2.75, 3.05) is 0 Å². The van der Waals surface area contributed by atoms with E-state index < -0.39 is 12.2 Å². The van der Waals surface area contributed by atoms with E-state index >= 15 is 0 Å². The van der Waals surface area contributed by atoms with Crippen molar-refractivity contribution in [2.24, 2.45) is 16.9 Å². The Morgan fingerprint density at radius 2 is 1.91 bits per heavy atom. The van der Waals surface area contributed by atoms with Crippen LogP contribution in [0.4, 0.5) is 4.79 Å². The predicted octanol–water partition coefficient (Wildman–Crippen LogP) is 3.05. The third-order valence-corrected chi connectivity index (χ3v) is 3.95. The Bertz CT molecular complexity index is 703. The normalized spacial score (nSPS) is 14.5. The lowest BCUT2D eigenvalue weighted by atomic mass is 9.73. The lowest BCUT2D eigenvalue weighted by molar-refractivity contribution is 0.0972. The molecular weight excluding hydrogens is 298 g/mol. The molecule has 0 bridgehead atoms. The number of aromatic nitrogens is 1. The summed E-state index contributed by atoms with van der Waals surface area (Å²) in [6.45, 7) is 6.15. The summed E-state index contributed by atoms with van der Waals surface area (Å²) in [5.74, 6) is -0.214. The lowest BCUT2D eigenvalue weighted by Crippen LogP contribution is -2.43. The Kier molecular flexibility index (Phi) is 4.42. The van der Waals surface area contributed by atoms with E-state index in [1.807, 2.05) is 30.5 Å². The minimum absolute atomic E-state index is 0.115. The van der Waals surface area contributed by atoms with Gasteiger partial charge in [0.15, 0.2) is 6.10 Å². The predicted molar refractivity (Wildman–Crippen MR) is 91.7 cm³/mol. The van der Waals surface area contributed by atoms with Crippen LogP contribution in [0.1, 0.15) is 32.3 Å². The van der Waals surface area contributed by atoms with Crippen LogP contribution in [0.15, 0.2) is 30.5 Å². The maximum atomic E-state index is 11.3. The lowest BCUT2D eigenvalue weighted by Gasteiger charge is -2.35. The molecule has 0 radical (unpaired) electrons. The molecule has 0 fully saturated rings. The number of ether oxygens (including phenoxy) is 1. The van der Waals surface area contributed by atoms with Crippen LogP contribution >= 0.6 is 12.2 Å². The van der Waals surface area contributed by atoms with Gasteiger partial charge in [0.25, 0.3) is 0 Å². The third-order valence-electron chi connectivity index (χ3n) is 3.72. The molecule has 0 aliphatic rings. The van der Waals surface area contributed by atoms with Crippen molar-refractivity contribution in [3.05, 3.63) is 36.0 Å². The molecule has 0 saturated carbocycles. The molecule has 1 aromatic carbocycles. The van der Waals surface area contributed by atoms with E-state index in [1.165, 1.54) is 0 Å². The molecule has 1 amide bonds. The van der Waals surface area contributed by atoms with E-state index in [4.69, 9.17) is 28.4 Å². The highest BCUT2D eigenvalue weighted by Crippen LogP contribution is 2.42. The first-order valence-corrected chi connectivity index (χ1v) is 7.44. The van der Waals surface area contributed by atoms with Crippen LogP contribution in [0.2, 0.25) is 0 Å². The summed E-state index contributed by atoms with van der Waals surface area (Å²) < 4.78 is 5.23. The molecule has 2 atom stereocenters. The molecule has 5 N–H and O–H groups in total. The van der Waals surface area contributed by atoms with Crippen molar-refractivity contribution in [1.29, 1.82) is 0 Å².